The van der Waals surface area contributed by atoms with Crippen molar-refractivity contribution in [1.29, 1.82) is 0 Å². The van der Waals surface area contributed by atoms with E-state index >= 15 is 0 Å². The van der Waals surface area contributed by atoms with Gasteiger partial charge in [-0.2, -0.15) is 0 Å². The Labute approximate surface area is 127 Å². The number of para-hydroxylation sites is 1. The molecule has 21 heavy (non-hydrogen) atoms. The highest BCUT2D eigenvalue weighted by Gasteiger charge is 2.14. The van der Waals surface area contributed by atoms with Crippen molar-refractivity contribution in [3.05, 3.63) is 58.8 Å². The maximum absolute atomic E-state index is 6.20. The van der Waals surface area contributed by atoms with E-state index in [-0.39, 0.29) is 0 Å². The normalized spacial score (nSPS) is 13.2. The lowest BCUT2D eigenvalue weighted by Crippen LogP contribution is -1.99. The summed E-state index contributed by atoms with van der Waals surface area (Å²) in [5.41, 5.74) is 4.13. The zero-order valence-corrected chi connectivity index (χ0v) is 12.1. The first-order valence-corrected chi connectivity index (χ1v) is 7.34. The maximum Gasteiger partial charge on any atom is 0.199 e. The molecular weight excluding hydrogens is 286 g/mol. The van der Waals surface area contributed by atoms with Crippen LogP contribution < -0.4 is 10.1 Å². The maximum atomic E-state index is 6.20. The number of rotatable bonds is 3. The second kappa shape index (κ2) is 5.01. The summed E-state index contributed by atoms with van der Waals surface area (Å²) in [5, 5.41) is 4.92. The number of halogens is 1. The first-order valence-electron chi connectivity index (χ1n) is 6.97. The summed E-state index contributed by atoms with van der Waals surface area (Å²) in [6.45, 7) is 1.41. The third-order valence-electron chi connectivity index (χ3n) is 3.81. The van der Waals surface area contributed by atoms with E-state index in [1.807, 2.05) is 36.4 Å². The molecule has 0 bridgehead atoms. The number of nitrogens with one attached hydrogen (secondary N) is 1. The van der Waals surface area contributed by atoms with Gasteiger partial charge >= 0.3 is 0 Å². The number of fused-ring (bicyclic) bond motifs is 2. The fourth-order valence-electron chi connectivity index (χ4n) is 2.72. The van der Waals surface area contributed by atoms with Crippen molar-refractivity contribution in [3.63, 3.8) is 0 Å². The molecule has 3 aromatic rings. The van der Waals surface area contributed by atoms with E-state index in [4.69, 9.17) is 20.8 Å². The van der Waals surface area contributed by atoms with E-state index in [0.717, 1.165) is 41.0 Å². The van der Waals surface area contributed by atoms with Crippen LogP contribution in [-0.4, -0.2) is 6.61 Å². The van der Waals surface area contributed by atoms with E-state index < -0.39 is 0 Å². The van der Waals surface area contributed by atoms with Crippen LogP contribution in [0.25, 0.3) is 11.0 Å². The van der Waals surface area contributed by atoms with Crippen LogP contribution in [0, 0.1) is 0 Å². The second-order valence-corrected chi connectivity index (χ2v) is 5.47. The van der Waals surface area contributed by atoms with Gasteiger partial charge in [-0.3, -0.25) is 0 Å². The molecule has 0 fully saturated rings. The number of benzene rings is 2. The lowest BCUT2D eigenvalue weighted by Gasteiger charge is -2.07. The lowest BCUT2D eigenvalue weighted by atomic mass is 10.1. The number of hydrogen-bond donors (Lipinski definition) is 1. The predicted molar refractivity (Wildman–Crippen MR) is 84.2 cm³/mol. The standard InChI is InChI=1S/C17H14ClNO2/c18-17-14(13-3-1-2-4-16(13)21-17)10-19-12-5-6-15-11(9-12)7-8-20-15/h1-6,9,19H,7-8,10H2. The minimum Gasteiger partial charge on any atom is -0.493 e. The molecule has 2 aromatic carbocycles. The molecule has 0 aliphatic carbocycles. The van der Waals surface area contributed by atoms with Crippen molar-refractivity contribution in [1.82, 2.24) is 0 Å². The molecule has 106 valence electrons. The number of hydrogen-bond acceptors (Lipinski definition) is 3. The SMILES string of the molecule is Clc1oc2ccccc2c1CNc1ccc2c(c1)CCO2. The van der Waals surface area contributed by atoms with Crippen LogP contribution in [0.2, 0.25) is 5.22 Å². The fraction of sp³-hybridized carbons (Fsp3) is 0.176. The van der Waals surface area contributed by atoms with Gasteiger partial charge in [0.25, 0.3) is 0 Å². The lowest BCUT2D eigenvalue weighted by molar-refractivity contribution is 0.357. The van der Waals surface area contributed by atoms with Gasteiger partial charge in [-0.15, -0.1) is 0 Å². The molecule has 4 rings (SSSR count). The molecule has 0 atom stereocenters. The minimum absolute atomic E-state index is 0.452. The van der Waals surface area contributed by atoms with Crippen LogP contribution in [0.15, 0.2) is 46.9 Å². The average molecular weight is 300 g/mol. The first-order chi connectivity index (χ1) is 10.3. The number of anilines is 1. The number of ether oxygens (including phenoxy) is 1. The number of furan rings is 1. The monoisotopic (exact) mass is 299 g/mol. The molecule has 0 saturated heterocycles. The Morgan fingerprint density at radius 2 is 2.05 bits per heavy atom. The molecular formula is C17H14ClNO2. The van der Waals surface area contributed by atoms with Crippen molar-refractivity contribution in [2.45, 2.75) is 13.0 Å². The van der Waals surface area contributed by atoms with Gasteiger partial charge in [0.1, 0.15) is 11.3 Å². The Balaban J connectivity index is 1.60. The summed E-state index contributed by atoms with van der Waals surface area (Å²) in [6, 6.07) is 14.1. The Hall–Kier alpha value is -2.13. The Morgan fingerprint density at radius 1 is 1.14 bits per heavy atom. The molecule has 0 unspecified atom stereocenters. The summed E-state index contributed by atoms with van der Waals surface area (Å²) in [5.74, 6) is 0.993. The van der Waals surface area contributed by atoms with E-state index in [1.165, 1.54) is 5.56 Å². The van der Waals surface area contributed by atoms with Gasteiger partial charge in [-0.05, 0) is 41.4 Å². The minimum atomic E-state index is 0.452. The first kappa shape index (κ1) is 12.6. The Morgan fingerprint density at radius 3 is 3.00 bits per heavy atom. The molecule has 1 aliphatic rings. The fourth-order valence-corrected chi connectivity index (χ4v) is 2.97. The quantitative estimate of drug-likeness (QED) is 0.765. The highest BCUT2D eigenvalue weighted by molar-refractivity contribution is 6.30. The van der Waals surface area contributed by atoms with Crippen LogP contribution in [0.3, 0.4) is 0 Å². The summed E-state index contributed by atoms with van der Waals surface area (Å²) in [7, 11) is 0. The third kappa shape index (κ3) is 2.24. The van der Waals surface area contributed by atoms with Crippen LogP contribution in [0.5, 0.6) is 5.75 Å². The average Bonchev–Trinajstić information content (AvgIpc) is 3.08. The van der Waals surface area contributed by atoms with Crippen LogP contribution in [-0.2, 0) is 13.0 Å². The van der Waals surface area contributed by atoms with E-state index in [9.17, 15) is 0 Å². The molecule has 2 heterocycles. The van der Waals surface area contributed by atoms with Crippen molar-refractivity contribution in [2.75, 3.05) is 11.9 Å². The predicted octanol–water partition coefficient (Wildman–Crippen LogP) is 4.63. The van der Waals surface area contributed by atoms with Gasteiger partial charge in [0.15, 0.2) is 5.22 Å². The molecule has 0 spiro atoms. The topological polar surface area (TPSA) is 34.4 Å². The molecule has 0 saturated carbocycles. The van der Waals surface area contributed by atoms with Gasteiger partial charge in [0.05, 0.1) is 6.61 Å². The highest BCUT2D eigenvalue weighted by atomic mass is 35.5. The Bertz CT molecular complexity index is 810. The van der Waals surface area contributed by atoms with Gasteiger partial charge in [-0.1, -0.05) is 18.2 Å². The van der Waals surface area contributed by atoms with E-state index in [0.29, 0.717) is 11.8 Å². The van der Waals surface area contributed by atoms with Gasteiger partial charge in [-0.25, -0.2) is 0 Å². The molecule has 1 N–H and O–H groups in total. The molecule has 0 amide bonds. The van der Waals surface area contributed by atoms with Gasteiger partial charge < -0.3 is 14.5 Å². The van der Waals surface area contributed by atoms with Crippen LogP contribution in [0.1, 0.15) is 11.1 Å². The van der Waals surface area contributed by atoms with Crippen LogP contribution in [0.4, 0.5) is 5.69 Å². The van der Waals surface area contributed by atoms with Crippen molar-refractivity contribution in [3.8, 4) is 5.75 Å². The van der Waals surface area contributed by atoms with Crippen molar-refractivity contribution in [2.24, 2.45) is 0 Å². The zero-order chi connectivity index (χ0) is 14.2. The van der Waals surface area contributed by atoms with Crippen LogP contribution >= 0.6 is 11.6 Å². The molecule has 1 aliphatic heterocycles. The van der Waals surface area contributed by atoms with Crippen molar-refractivity contribution < 1.29 is 9.15 Å². The Kier molecular flexibility index (Phi) is 3.00. The summed E-state index contributed by atoms with van der Waals surface area (Å²) in [6.07, 6.45) is 0.972. The molecule has 3 nitrogen and oxygen atoms in total. The van der Waals surface area contributed by atoms with E-state index in [1.54, 1.807) is 0 Å². The summed E-state index contributed by atoms with van der Waals surface area (Å²) < 4.78 is 11.1. The molecule has 4 heteroatoms. The highest BCUT2D eigenvalue weighted by Crippen LogP contribution is 2.31. The smallest absolute Gasteiger partial charge is 0.199 e. The second-order valence-electron chi connectivity index (χ2n) is 5.12. The third-order valence-corrected chi connectivity index (χ3v) is 4.11. The van der Waals surface area contributed by atoms with Gasteiger partial charge in [0, 0.05) is 29.6 Å². The largest absolute Gasteiger partial charge is 0.493 e. The summed E-state index contributed by atoms with van der Waals surface area (Å²) >= 11 is 6.20. The van der Waals surface area contributed by atoms with Gasteiger partial charge in [0.2, 0.25) is 0 Å². The van der Waals surface area contributed by atoms with E-state index in [2.05, 4.69) is 11.4 Å². The zero-order valence-electron chi connectivity index (χ0n) is 11.4. The molecule has 0 radical (unpaired) electrons. The molecule has 1 aromatic heterocycles. The summed E-state index contributed by atoms with van der Waals surface area (Å²) in [4.78, 5) is 0. The van der Waals surface area contributed by atoms with Crippen molar-refractivity contribution >= 4 is 28.3 Å².